The van der Waals surface area contributed by atoms with E-state index in [-0.39, 0.29) is 24.0 Å². The molecule has 2 N–H and O–H groups in total. The van der Waals surface area contributed by atoms with Crippen LogP contribution in [0.5, 0.6) is 5.75 Å². The Morgan fingerprint density at radius 3 is 2.48 bits per heavy atom. The molecule has 29 heavy (non-hydrogen) atoms. The van der Waals surface area contributed by atoms with E-state index in [1.807, 2.05) is 42.5 Å². The van der Waals surface area contributed by atoms with Gasteiger partial charge in [0.05, 0.1) is 12.2 Å². The molecule has 0 saturated carbocycles. The fourth-order valence-corrected chi connectivity index (χ4v) is 2.64. The summed E-state index contributed by atoms with van der Waals surface area (Å²) in [7, 11) is 1.75. The fraction of sp³-hybridized carbons (Fsp3) is 0.273. The normalized spacial score (nSPS) is 10.9. The maximum absolute atomic E-state index is 5.66. The van der Waals surface area contributed by atoms with E-state index < -0.39 is 0 Å². The number of aromatic nitrogens is 1. The van der Waals surface area contributed by atoms with Crippen molar-refractivity contribution in [3.63, 3.8) is 0 Å². The van der Waals surface area contributed by atoms with E-state index in [9.17, 15) is 0 Å². The molecule has 0 bridgehead atoms. The third-order valence-corrected chi connectivity index (χ3v) is 4.15. The van der Waals surface area contributed by atoms with Crippen LogP contribution in [0.15, 0.2) is 70.3 Å². The minimum Gasteiger partial charge on any atom is -0.492 e. The summed E-state index contributed by atoms with van der Waals surface area (Å²) in [5.41, 5.74) is 3.11. The molecule has 3 aromatic rings. The lowest BCUT2D eigenvalue weighted by Gasteiger charge is -2.12. The minimum absolute atomic E-state index is 0. The first-order valence-corrected chi connectivity index (χ1v) is 9.38. The van der Waals surface area contributed by atoms with Gasteiger partial charge in [-0.1, -0.05) is 35.9 Å². The van der Waals surface area contributed by atoms with Crippen molar-refractivity contribution in [3.05, 3.63) is 72.1 Å². The Balaban J connectivity index is 0.00000300. The number of hydrogen-bond acceptors (Lipinski definition) is 4. The maximum Gasteiger partial charge on any atom is 0.226 e. The van der Waals surface area contributed by atoms with E-state index in [4.69, 9.17) is 9.15 Å². The molecule has 0 unspecified atom stereocenters. The summed E-state index contributed by atoms with van der Waals surface area (Å²) in [5, 5.41) is 6.51. The van der Waals surface area contributed by atoms with Crippen molar-refractivity contribution in [2.24, 2.45) is 4.99 Å². The molecule has 2 aromatic carbocycles. The van der Waals surface area contributed by atoms with Crippen LogP contribution in [0, 0.1) is 6.92 Å². The highest BCUT2D eigenvalue weighted by atomic mass is 127. The predicted octanol–water partition coefficient (Wildman–Crippen LogP) is 4.05. The van der Waals surface area contributed by atoms with Gasteiger partial charge in [0.25, 0.3) is 0 Å². The van der Waals surface area contributed by atoms with Crippen LogP contribution in [0.2, 0.25) is 0 Å². The van der Waals surface area contributed by atoms with Crippen molar-refractivity contribution >= 4 is 29.9 Å². The van der Waals surface area contributed by atoms with E-state index in [0.717, 1.165) is 29.4 Å². The highest BCUT2D eigenvalue weighted by molar-refractivity contribution is 14.0. The third kappa shape index (κ3) is 7.41. The van der Waals surface area contributed by atoms with Crippen molar-refractivity contribution in [2.75, 3.05) is 26.7 Å². The highest BCUT2D eigenvalue weighted by Crippen LogP contribution is 2.19. The number of aliphatic imine (C=N–C) groups is 1. The van der Waals surface area contributed by atoms with Gasteiger partial charge in [0.1, 0.15) is 18.6 Å². The third-order valence-electron chi connectivity index (χ3n) is 4.15. The monoisotopic (exact) mass is 506 g/mol. The van der Waals surface area contributed by atoms with E-state index in [2.05, 4.69) is 39.7 Å². The number of aryl methyl sites for hydroxylation is 1. The second-order valence-electron chi connectivity index (χ2n) is 6.35. The van der Waals surface area contributed by atoms with Gasteiger partial charge in [-0.2, -0.15) is 0 Å². The number of benzene rings is 2. The zero-order valence-corrected chi connectivity index (χ0v) is 19.1. The Morgan fingerprint density at radius 2 is 1.76 bits per heavy atom. The second-order valence-corrected chi connectivity index (χ2v) is 6.35. The van der Waals surface area contributed by atoms with Crippen LogP contribution in [0.1, 0.15) is 11.3 Å². The first-order valence-electron chi connectivity index (χ1n) is 9.38. The summed E-state index contributed by atoms with van der Waals surface area (Å²) < 4.78 is 11.3. The Labute approximate surface area is 188 Å². The van der Waals surface area contributed by atoms with E-state index in [1.54, 1.807) is 13.3 Å². The molecule has 1 heterocycles. The van der Waals surface area contributed by atoms with Gasteiger partial charge in [-0.15, -0.1) is 24.0 Å². The number of para-hydroxylation sites is 1. The predicted molar refractivity (Wildman–Crippen MR) is 127 cm³/mol. The quantitative estimate of drug-likeness (QED) is 0.209. The molecular formula is C22H27IN4O2. The van der Waals surface area contributed by atoms with Gasteiger partial charge in [0.15, 0.2) is 5.96 Å². The minimum atomic E-state index is 0. The van der Waals surface area contributed by atoms with Gasteiger partial charge in [-0.25, -0.2) is 4.98 Å². The van der Waals surface area contributed by atoms with Crippen LogP contribution in [-0.4, -0.2) is 37.7 Å². The average Bonchev–Trinajstić information content (AvgIpc) is 3.20. The first-order chi connectivity index (χ1) is 13.7. The molecule has 0 radical (unpaired) electrons. The zero-order valence-electron chi connectivity index (χ0n) is 16.7. The Morgan fingerprint density at radius 1 is 1.03 bits per heavy atom. The van der Waals surface area contributed by atoms with Crippen LogP contribution >= 0.6 is 24.0 Å². The summed E-state index contributed by atoms with van der Waals surface area (Å²) in [6, 6.07) is 17.9. The molecule has 0 aliphatic carbocycles. The summed E-state index contributed by atoms with van der Waals surface area (Å²) in [6.45, 7) is 3.99. The van der Waals surface area contributed by atoms with E-state index >= 15 is 0 Å². The summed E-state index contributed by atoms with van der Waals surface area (Å²) >= 11 is 0. The fourth-order valence-electron chi connectivity index (χ4n) is 2.64. The van der Waals surface area contributed by atoms with Crippen molar-refractivity contribution in [1.29, 1.82) is 0 Å². The largest absolute Gasteiger partial charge is 0.492 e. The number of guanidine groups is 1. The molecule has 0 aliphatic rings. The summed E-state index contributed by atoms with van der Waals surface area (Å²) in [6.07, 6.45) is 2.46. The molecule has 0 amide bonds. The van der Waals surface area contributed by atoms with E-state index in [0.29, 0.717) is 25.6 Å². The van der Waals surface area contributed by atoms with Gasteiger partial charge in [-0.3, -0.25) is 4.99 Å². The number of nitrogens with zero attached hydrogens (tertiary/aromatic N) is 2. The maximum atomic E-state index is 5.66. The topological polar surface area (TPSA) is 71.7 Å². The Kier molecular flexibility index (Phi) is 9.49. The van der Waals surface area contributed by atoms with Crippen molar-refractivity contribution in [1.82, 2.24) is 15.6 Å². The molecule has 1 aromatic heterocycles. The molecule has 0 aliphatic heterocycles. The number of ether oxygens (including phenoxy) is 1. The standard InChI is InChI=1S/C22H26N4O2.HI/c1-17-8-10-18(11-9-17)21-26-19(16-28-21)12-13-24-22(23-2)25-14-15-27-20-6-4-3-5-7-20;/h3-11,16H,12-15H2,1-2H3,(H2,23,24,25);1H. The average molecular weight is 506 g/mol. The lowest BCUT2D eigenvalue weighted by molar-refractivity contribution is 0.322. The van der Waals surface area contributed by atoms with Crippen molar-refractivity contribution in [3.8, 4) is 17.2 Å². The smallest absolute Gasteiger partial charge is 0.226 e. The van der Waals surface area contributed by atoms with Crippen LogP contribution in [0.3, 0.4) is 0 Å². The summed E-state index contributed by atoms with van der Waals surface area (Å²) in [4.78, 5) is 8.77. The molecule has 6 nitrogen and oxygen atoms in total. The first kappa shape index (κ1) is 22.7. The molecule has 154 valence electrons. The molecule has 0 fully saturated rings. The summed E-state index contributed by atoms with van der Waals surface area (Å²) in [5.74, 6) is 2.25. The van der Waals surface area contributed by atoms with Crippen molar-refractivity contribution < 1.29 is 9.15 Å². The Bertz CT molecular complexity index is 879. The highest BCUT2D eigenvalue weighted by Gasteiger charge is 2.07. The number of hydrogen-bond donors (Lipinski definition) is 2. The van der Waals surface area contributed by atoms with Gasteiger partial charge >= 0.3 is 0 Å². The lowest BCUT2D eigenvalue weighted by Crippen LogP contribution is -2.40. The SMILES string of the molecule is CN=C(NCCOc1ccccc1)NCCc1coc(-c2ccc(C)cc2)n1.I. The van der Waals surface area contributed by atoms with Gasteiger partial charge in [0, 0.05) is 25.6 Å². The molecule has 3 rings (SSSR count). The number of halogens is 1. The second kappa shape index (κ2) is 12.1. The Hall–Kier alpha value is -2.55. The van der Waals surface area contributed by atoms with Crippen LogP contribution in [-0.2, 0) is 6.42 Å². The number of nitrogens with one attached hydrogen (secondary N) is 2. The molecule has 0 atom stereocenters. The van der Waals surface area contributed by atoms with Crippen LogP contribution in [0.25, 0.3) is 11.5 Å². The number of rotatable bonds is 8. The molecule has 7 heteroatoms. The van der Waals surface area contributed by atoms with Gasteiger partial charge < -0.3 is 19.8 Å². The molecular weight excluding hydrogens is 479 g/mol. The lowest BCUT2D eigenvalue weighted by atomic mass is 10.1. The van der Waals surface area contributed by atoms with Crippen LogP contribution < -0.4 is 15.4 Å². The van der Waals surface area contributed by atoms with Crippen molar-refractivity contribution in [2.45, 2.75) is 13.3 Å². The zero-order chi connectivity index (χ0) is 19.6. The van der Waals surface area contributed by atoms with Gasteiger partial charge in [0.2, 0.25) is 5.89 Å². The van der Waals surface area contributed by atoms with E-state index in [1.165, 1.54) is 5.56 Å². The van der Waals surface area contributed by atoms with Gasteiger partial charge in [-0.05, 0) is 31.2 Å². The number of oxazole rings is 1. The molecule has 0 spiro atoms. The molecule has 0 saturated heterocycles. The van der Waals surface area contributed by atoms with Crippen LogP contribution in [0.4, 0.5) is 0 Å².